The summed E-state index contributed by atoms with van der Waals surface area (Å²) in [4.78, 5) is 15.0. The van der Waals surface area contributed by atoms with Gasteiger partial charge in [-0.25, -0.2) is 0 Å². The first kappa shape index (κ1) is 17.0. The topological polar surface area (TPSA) is 102 Å². The zero-order valence-electron chi connectivity index (χ0n) is 12.6. The van der Waals surface area contributed by atoms with E-state index in [0.717, 1.165) is 32.6 Å². The van der Waals surface area contributed by atoms with Crippen LogP contribution in [0.1, 0.15) is 36.1 Å². The van der Waals surface area contributed by atoms with Gasteiger partial charge < -0.3 is 25.5 Å². The van der Waals surface area contributed by atoms with Crippen molar-refractivity contribution in [2.75, 3.05) is 26.8 Å². The predicted molar refractivity (Wildman–Crippen MR) is 81.2 cm³/mol. The molecule has 0 bridgehead atoms. The van der Waals surface area contributed by atoms with Crippen molar-refractivity contribution >= 4 is 11.9 Å². The van der Waals surface area contributed by atoms with Gasteiger partial charge in [0.25, 0.3) is 5.91 Å². The van der Waals surface area contributed by atoms with E-state index in [1.807, 2.05) is 6.92 Å². The fraction of sp³-hybridized carbons (Fsp3) is 0.571. The van der Waals surface area contributed by atoms with Gasteiger partial charge >= 0.3 is 0 Å². The zero-order valence-corrected chi connectivity index (χ0v) is 12.6. The molecule has 1 rings (SSSR count). The highest BCUT2D eigenvalue weighted by atomic mass is 16.5. The van der Waals surface area contributed by atoms with Crippen molar-refractivity contribution in [2.24, 2.45) is 10.7 Å². The number of amides is 1. The Bertz CT molecular complexity index is 457. The molecule has 4 N–H and O–H groups in total. The van der Waals surface area contributed by atoms with E-state index >= 15 is 0 Å². The number of hydrogen-bond acceptors (Lipinski definition) is 4. The molecule has 118 valence electrons. The first-order chi connectivity index (χ1) is 10.2. The molecule has 0 saturated heterocycles. The second-order valence-corrected chi connectivity index (χ2v) is 4.39. The summed E-state index contributed by atoms with van der Waals surface area (Å²) in [5, 5.41) is 6.30. The Balaban J connectivity index is 2.23. The number of primary amides is 1. The van der Waals surface area contributed by atoms with Crippen LogP contribution in [0, 0.1) is 0 Å². The molecular formula is C14H24N4O3. The van der Waals surface area contributed by atoms with Crippen LogP contribution in [0.3, 0.4) is 0 Å². The van der Waals surface area contributed by atoms with Gasteiger partial charge in [0.05, 0.1) is 6.54 Å². The fourth-order valence-electron chi connectivity index (χ4n) is 1.68. The Kier molecular flexibility index (Phi) is 7.96. The van der Waals surface area contributed by atoms with Gasteiger partial charge in [-0.15, -0.1) is 0 Å². The van der Waals surface area contributed by atoms with E-state index < -0.39 is 5.91 Å². The number of nitrogens with zero attached hydrogens (tertiary/aromatic N) is 1. The van der Waals surface area contributed by atoms with E-state index in [4.69, 9.17) is 14.9 Å². The SMILES string of the molecule is CCOCCCCNC(=NC)NCc1ccc(C(N)=O)o1. The van der Waals surface area contributed by atoms with Gasteiger partial charge in [-0.2, -0.15) is 0 Å². The first-order valence-electron chi connectivity index (χ1n) is 7.08. The predicted octanol–water partition coefficient (Wildman–Crippen LogP) is 0.860. The fourth-order valence-corrected chi connectivity index (χ4v) is 1.68. The largest absolute Gasteiger partial charge is 0.454 e. The molecule has 0 aliphatic heterocycles. The number of nitrogens with one attached hydrogen (secondary N) is 2. The smallest absolute Gasteiger partial charge is 0.284 e. The van der Waals surface area contributed by atoms with Crippen LogP contribution in [0.15, 0.2) is 21.5 Å². The van der Waals surface area contributed by atoms with Crippen LogP contribution in [0.4, 0.5) is 0 Å². The highest BCUT2D eigenvalue weighted by Crippen LogP contribution is 2.06. The van der Waals surface area contributed by atoms with Crippen molar-refractivity contribution < 1.29 is 13.9 Å². The maximum Gasteiger partial charge on any atom is 0.284 e. The molecule has 1 heterocycles. The number of nitrogens with two attached hydrogens (primary N) is 1. The summed E-state index contributed by atoms with van der Waals surface area (Å²) in [5.74, 6) is 0.898. The van der Waals surface area contributed by atoms with E-state index in [9.17, 15) is 4.79 Å². The lowest BCUT2D eigenvalue weighted by Gasteiger charge is -2.10. The maximum absolute atomic E-state index is 10.9. The standard InChI is InChI=1S/C14H24N4O3/c1-3-20-9-5-4-8-17-14(16-2)18-10-11-6-7-12(21-11)13(15)19/h6-7H,3-5,8-10H2,1-2H3,(H2,15,19)(H2,16,17,18). The second kappa shape index (κ2) is 9.82. The minimum Gasteiger partial charge on any atom is -0.454 e. The third-order valence-corrected chi connectivity index (χ3v) is 2.77. The van der Waals surface area contributed by atoms with E-state index in [2.05, 4.69) is 15.6 Å². The quantitative estimate of drug-likeness (QED) is 0.356. The molecule has 0 saturated carbocycles. The summed E-state index contributed by atoms with van der Waals surface area (Å²) >= 11 is 0. The van der Waals surface area contributed by atoms with Crippen LogP contribution < -0.4 is 16.4 Å². The van der Waals surface area contributed by atoms with Crippen molar-refractivity contribution in [1.29, 1.82) is 0 Å². The maximum atomic E-state index is 10.9. The van der Waals surface area contributed by atoms with Crippen molar-refractivity contribution in [3.63, 3.8) is 0 Å². The highest BCUT2D eigenvalue weighted by Gasteiger charge is 2.07. The molecule has 0 radical (unpaired) electrons. The van der Waals surface area contributed by atoms with Crippen molar-refractivity contribution in [3.05, 3.63) is 23.7 Å². The van der Waals surface area contributed by atoms with Gasteiger partial charge in [-0.3, -0.25) is 9.79 Å². The summed E-state index contributed by atoms with van der Waals surface area (Å²) < 4.78 is 10.5. The van der Waals surface area contributed by atoms with E-state index in [1.165, 1.54) is 0 Å². The molecule has 0 spiro atoms. The molecule has 0 aromatic carbocycles. The van der Waals surface area contributed by atoms with E-state index in [-0.39, 0.29) is 5.76 Å². The zero-order chi connectivity index (χ0) is 15.5. The molecule has 0 atom stereocenters. The lowest BCUT2D eigenvalue weighted by atomic mass is 10.3. The molecule has 0 aliphatic rings. The summed E-state index contributed by atoms with van der Waals surface area (Å²) in [6.45, 7) is 4.78. The number of guanidine groups is 1. The number of carbonyl (C=O) groups is 1. The van der Waals surface area contributed by atoms with Gasteiger partial charge in [0.1, 0.15) is 5.76 Å². The molecule has 0 aliphatic carbocycles. The average Bonchev–Trinajstić information content (AvgIpc) is 2.95. The Morgan fingerprint density at radius 3 is 2.81 bits per heavy atom. The number of rotatable bonds is 9. The Labute approximate surface area is 124 Å². The molecule has 0 unspecified atom stereocenters. The highest BCUT2D eigenvalue weighted by molar-refractivity contribution is 5.89. The van der Waals surface area contributed by atoms with Gasteiger partial charge in [0.15, 0.2) is 11.7 Å². The molecule has 1 amide bonds. The van der Waals surface area contributed by atoms with Crippen molar-refractivity contribution in [2.45, 2.75) is 26.3 Å². The normalized spacial score (nSPS) is 11.4. The van der Waals surface area contributed by atoms with Gasteiger partial charge in [-0.05, 0) is 31.9 Å². The number of carbonyl (C=O) groups excluding carboxylic acids is 1. The van der Waals surface area contributed by atoms with Crippen LogP contribution >= 0.6 is 0 Å². The van der Waals surface area contributed by atoms with Crippen LogP contribution in [0.5, 0.6) is 0 Å². The van der Waals surface area contributed by atoms with E-state index in [0.29, 0.717) is 18.3 Å². The number of ether oxygens (including phenoxy) is 1. The molecule has 1 aromatic rings. The lowest BCUT2D eigenvalue weighted by molar-refractivity contribution is 0.0972. The minimum atomic E-state index is -0.571. The van der Waals surface area contributed by atoms with Crippen LogP contribution in [-0.4, -0.2) is 38.7 Å². The number of furan rings is 1. The summed E-state index contributed by atoms with van der Waals surface area (Å²) in [6.07, 6.45) is 2.02. The van der Waals surface area contributed by atoms with Crippen LogP contribution in [-0.2, 0) is 11.3 Å². The van der Waals surface area contributed by atoms with E-state index in [1.54, 1.807) is 19.2 Å². The molecule has 21 heavy (non-hydrogen) atoms. The Hall–Kier alpha value is -2.02. The molecule has 7 heteroatoms. The third kappa shape index (κ3) is 6.80. The van der Waals surface area contributed by atoms with Crippen LogP contribution in [0.2, 0.25) is 0 Å². The van der Waals surface area contributed by atoms with Crippen LogP contribution in [0.25, 0.3) is 0 Å². The molecule has 1 aromatic heterocycles. The average molecular weight is 296 g/mol. The molecule has 0 fully saturated rings. The first-order valence-corrected chi connectivity index (χ1v) is 7.08. The van der Waals surface area contributed by atoms with Gasteiger partial charge in [-0.1, -0.05) is 0 Å². The number of unbranched alkanes of at least 4 members (excludes halogenated alkanes) is 1. The summed E-state index contributed by atoms with van der Waals surface area (Å²) in [5.41, 5.74) is 5.13. The van der Waals surface area contributed by atoms with Gasteiger partial charge in [0, 0.05) is 26.8 Å². The minimum absolute atomic E-state index is 0.158. The summed E-state index contributed by atoms with van der Waals surface area (Å²) in [7, 11) is 1.70. The third-order valence-electron chi connectivity index (χ3n) is 2.77. The Morgan fingerprint density at radius 2 is 2.19 bits per heavy atom. The van der Waals surface area contributed by atoms with Crippen molar-refractivity contribution in [3.8, 4) is 0 Å². The number of aliphatic imine (C=N–C) groups is 1. The van der Waals surface area contributed by atoms with Gasteiger partial charge in [0.2, 0.25) is 0 Å². The Morgan fingerprint density at radius 1 is 1.38 bits per heavy atom. The lowest BCUT2D eigenvalue weighted by Crippen LogP contribution is -2.37. The second-order valence-electron chi connectivity index (χ2n) is 4.39. The molecule has 7 nitrogen and oxygen atoms in total. The van der Waals surface area contributed by atoms with Crippen molar-refractivity contribution in [1.82, 2.24) is 10.6 Å². The summed E-state index contributed by atoms with van der Waals surface area (Å²) in [6, 6.07) is 3.27. The number of hydrogen-bond donors (Lipinski definition) is 3. The molecular weight excluding hydrogens is 272 g/mol. The monoisotopic (exact) mass is 296 g/mol.